The maximum Gasteiger partial charge on any atom is 0.410 e. The third-order valence-electron chi connectivity index (χ3n) is 2.55. The molecular weight excluding hydrogens is 208 g/mol. The highest BCUT2D eigenvalue weighted by Crippen LogP contribution is 2.16. The largest absolute Gasteiger partial charge is 0.465 e. The van der Waals surface area contributed by atoms with Crippen LogP contribution in [0.5, 0.6) is 0 Å². The lowest BCUT2D eigenvalue weighted by molar-refractivity contribution is 0.209. The Morgan fingerprint density at radius 3 is 2.56 bits per heavy atom. The number of rotatable bonds is 2. The van der Waals surface area contributed by atoms with Gasteiger partial charge in [0, 0.05) is 13.1 Å². The molecule has 1 saturated heterocycles. The molecule has 0 atom stereocenters. The van der Waals surface area contributed by atoms with E-state index < -0.39 is 6.09 Å². The fourth-order valence-corrected chi connectivity index (χ4v) is 1.78. The summed E-state index contributed by atoms with van der Waals surface area (Å²) in [5, 5.41) is 10.7. The molecule has 1 aliphatic rings. The van der Waals surface area contributed by atoms with E-state index in [0.29, 0.717) is 0 Å². The third kappa shape index (κ3) is 2.59. The number of nitrogens with zero attached hydrogens (tertiary/aromatic N) is 3. The summed E-state index contributed by atoms with van der Waals surface area (Å²) in [5.74, 6) is 1.07. The Balaban J connectivity index is 2.03. The quantitative estimate of drug-likeness (QED) is 0.793. The molecule has 0 radical (unpaired) electrons. The van der Waals surface area contributed by atoms with Gasteiger partial charge in [-0.15, -0.1) is 0 Å². The zero-order valence-electron chi connectivity index (χ0n) is 8.89. The molecule has 0 aromatic carbocycles. The molecule has 2 rings (SSSR count). The van der Waals surface area contributed by atoms with Gasteiger partial charge in [-0.2, -0.15) is 0 Å². The second kappa shape index (κ2) is 4.78. The lowest BCUT2D eigenvalue weighted by Gasteiger charge is -2.27. The molecule has 16 heavy (non-hydrogen) atoms. The molecule has 0 spiro atoms. The zero-order valence-corrected chi connectivity index (χ0v) is 8.89. The van der Waals surface area contributed by atoms with Crippen LogP contribution >= 0.6 is 0 Å². The van der Waals surface area contributed by atoms with Crippen molar-refractivity contribution in [1.29, 1.82) is 0 Å². The zero-order chi connectivity index (χ0) is 11.4. The van der Waals surface area contributed by atoms with E-state index in [1.54, 1.807) is 6.20 Å². The molecule has 1 amide bonds. The van der Waals surface area contributed by atoms with Crippen molar-refractivity contribution in [3.05, 3.63) is 12.4 Å². The van der Waals surface area contributed by atoms with Gasteiger partial charge < -0.3 is 10.0 Å². The number of hydrogen-bond acceptors (Lipinski definition) is 4. The van der Waals surface area contributed by atoms with Crippen molar-refractivity contribution in [2.75, 3.05) is 23.3 Å². The minimum atomic E-state index is -1.12. The Labute approximate surface area is 93.3 Å². The minimum absolute atomic E-state index is 0.258. The maximum atomic E-state index is 10.4. The summed E-state index contributed by atoms with van der Waals surface area (Å²) in [5.41, 5.74) is 0. The van der Waals surface area contributed by atoms with Gasteiger partial charge in [0.1, 0.15) is 5.82 Å². The number of aromatic nitrogens is 2. The molecule has 2 N–H and O–H groups in total. The molecule has 1 aromatic heterocycles. The van der Waals surface area contributed by atoms with E-state index in [2.05, 4.69) is 20.2 Å². The number of hydrogen-bond donors (Lipinski definition) is 2. The van der Waals surface area contributed by atoms with Crippen LogP contribution in [0, 0.1) is 0 Å². The molecule has 0 aliphatic carbocycles. The number of amides is 1. The second-order valence-corrected chi connectivity index (χ2v) is 3.74. The number of carboxylic acid groups (broad SMARTS) is 1. The smallest absolute Gasteiger partial charge is 0.410 e. The van der Waals surface area contributed by atoms with Gasteiger partial charge in [0.2, 0.25) is 0 Å². The van der Waals surface area contributed by atoms with Crippen molar-refractivity contribution in [3.8, 4) is 0 Å². The van der Waals surface area contributed by atoms with Crippen LogP contribution in [-0.2, 0) is 0 Å². The average molecular weight is 222 g/mol. The van der Waals surface area contributed by atoms with Crippen LogP contribution in [0.4, 0.5) is 16.4 Å². The Hall–Kier alpha value is -1.85. The fraction of sp³-hybridized carbons (Fsp3) is 0.500. The molecule has 86 valence electrons. The summed E-state index contributed by atoms with van der Waals surface area (Å²) < 4.78 is 0. The molecule has 6 nitrogen and oxygen atoms in total. The monoisotopic (exact) mass is 222 g/mol. The van der Waals surface area contributed by atoms with Crippen LogP contribution in [0.1, 0.15) is 19.3 Å². The van der Waals surface area contributed by atoms with E-state index in [4.69, 9.17) is 5.11 Å². The van der Waals surface area contributed by atoms with Gasteiger partial charge in [-0.05, 0) is 19.3 Å². The van der Waals surface area contributed by atoms with Crippen LogP contribution in [-0.4, -0.2) is 34.3 Å². The van der Waals surface area contributed by atoms with Gasteiger partial charge in [-0.25, -0.2) is 14.8 Å². The van der Waals surface area contributed by atoms with Gasteiger partial charge in [-0.1, -0.05) is 0 Å². The normalized spacial score (nSPS) is 15.9. The lowest BCUT2D eigenvalue weighted by Crippen LogP contribution is -2.30. The highest BCUT2D eigenvalue weighted by molar-refractivity contribution is 5.81. The van der Waals surface area contributed by atoms with Crippen molar-refractivity contribution in [2.45, 2.75) is 19.3 Å². The first-order valence-corrected chi connectivity index (χ1v) is 5.32. The van der Waals surface area contributed by atoms with E-state index >= 15 is 0 Å². The summed E-state index contributed by atoms with van der Waals surface area (Å²) in [4.78, 5) is 20.7. The summed E-state index contributed by atoms with van der Waals surface area (Å²) >= 11 is 0. The number of piperidine rings is 1. The second-order valence-electron chi connectivity index (χ2n) is 3.74. The molecule has 1 aliphatic heterocycles. The molecule has 0 unspecified atom stereocenters. The maximum absolute atomic E-state index is 10.4. The molecule has 6 heteroatoms. The van der Waals surface area contributed by atoms with Crippen LogP contribution in [0.25, 0.3) is 0 Å². The Bertz CT molecular complexity index is 360. The van der Waals surface area contributed by atoms with E-state index in [1.165, 1.54) is 25.5 Å². The molecule has 0 saturated carbocycles. The van der Waals surface area contributed by atoms with E-state index in [9.17, 15) is 4.79 Å². The number of nitrogens with one attached hydrogen (secondary N) is 1. The van der Waals surface area contributed by atoms with E-state index in [-0.39, 0.29) is 5.82 Å². The van der Waals surface area contributed by atoms with E-state index in [1.807, 2.05) is 0 Å². The molecule has 1 aromatic rings. The standard InChI is InChI=1S/C10H14N4O2/c15-10(16)13-8-6-12-9(7-11-8)14-4-2-1-3-5-14/h6-7H,1-5H2,(H,11,13)(H,15,16). The van der Waals surface area contributed by atoms with Gasteiger partial charge in [-0.3, -0.25) is 5.32 Å². The van der Waals surface area contributed by atoms with Crippen molar-refractivity contribution in [1.82, 2.24) is 9.97 Å². The number of carbonyl (C=O) groups is 1. The Morgan fingerprint density at radius 1 is 1.25 bits per heavy atom. The minimum Gasteiger partial charge on any atom is -0.465 e. The van der Waals surface area contributed by atoms with Crippen LogP contribution in [0.2, 0.25) is 0 Å². The third-order valence-corrected chi connectivity index (χ3v) is 2.55. The lowest BCUT2D eigenvalue weighted by atomic mass is 10.1. The van der Waals surface area contributed by atoms with Gasteiger partial charge >= 0.3 is 6.09 Å². The van der Waals surface area contributed by atoms with Crippen molar-refractivity contribution >= 4 is 17.7 Å². The number of anilines is 2. The highest BCUT2D eigenvalue weighted by Gasteiger charge is 2.12. The fourth-order valence-electron chi connectivity index (χ4n) is 1.78. The first-order valence-electron chi connectivity index (χ1n) is 5.32. The predicted molar refractivity (Wildman–Crippen MR) is 59.7 cm³/mol. The van der Waals surface area contributed by atoms with Gasteiger partial charge in [0.25, 0.3) is 0 Å². The molecular formula is C10H14N4O2. The molecule has 2 heterocycles. The average Bonchev–Trinajstić information content (AvgIpc) is 2.30. The van der Waals surface area contributed by atoms with Crippen molar-refractivity contribution in [3.63, 3.8) is 0 Å². The summed E-state index contributed by atoms with van der Waals surface area (Å²) in [6.07, 6.45) is 5.55. The summed E-state index contributed by atoms with van der Waals surface area (Å²) in [6, 6.07) is 0. The molecule has 1 fully saturated rings. The SMILES string of the molecule is O=C(O)Nc1cnc(N2CCCCC2)cn1. The first-order chi connectivity index (χ1) is 7.75. The summed E-state index contributed by atoms with van der Waals surface area (Å²) in [7, 11) is 0. The highest BCUT2D eigenvalue weighted by atomic mass is 16.4. The van der Waals surface area contributed by atoms with Crippen molar-refractivity contribution in [2.24, 2.45) is 0 Å². The van der Waals surface area contributed by atoms with Crippen LogP contribution in [0.3, 0.4) is 0 Å². The summed E-state index contributed by atoms with van der Waals surface area (Å²) in [6.45, 7) is 2.00. The van der Waals surface area contributed by atoms with Crippen molar-refractivity contribution < 1.29 is 9.90 Å². The van der Waals surface area contributed by atoms with Crippen LogP contribution < -0.4 is 10.2 Å². The first kappa shape index (κ1) is 10.7. The van der Waals surface area contributed by atoms with E-state index in [0.717, 1.165) is 18.9 Å². The predicted octanol–water partition coefficient (Wildman–Crippen LogP) is 1.56. The Morgan fingerprint density at radius 2 is 2.00 bits per heavy atom. The topological polar surface area (TPSA) is 78.3 Å². The van der Waals surface area contributed by atoms with Gasteiger partial charge in [0.15, 0.2) is 5.82 Å². The molecule has 0 bridgehead atoms. The Kier molecular flexibility index (Phi) is 3.19. The van der Waals surface area contributed by atoms with Crippen LogP contribution in [0.15, 0.2) is 12.4 Å². The van der Waals surface area contributed by atoms with Gasteiger partial charge in [0.05, 0.1) is 12.4 Å².